The van der Waals surface area contributed by atoms with Gasteiger partial charge in [-0.2, -0.15) is 0 Å². The normalized spacial score (nSPS) is 24.2. The Morgan fingerprint density at radius 3 is 3.00 bits per heavy atom. The number of hydrogen-bond acceptors (Lipinski definition) is 6. The maximum Gasteiger partial charge on any atom is 0.218 e. The minimum atomic E-state index is 0.135. The lowest BCUT2D eigenvalue weighted by Crippen LogP contribution is -2.43. The van der Waals surface area contributed by atoms with Gasteiger partial charge in [-0.05, 0) is 0 Å². The number of hydrogen-bond donors (Lipinski definition) is 1. The van der Waals surface area contributed by atoms with E-state index in [4.69, 9.17) is 9.47 Å². The molecule has 0 saturated carbocycles. The van der Waals surface area contributed by atoms with E-state index < -0.39 is 0 Å². The Hall–Kier alpha value is -1.40. The molecule has 18 heavy (non-hydrogen) atoms. The van der Waals surface area contributed by atoms with Gasteiger partial charge in [0.15, 0.2) is 0 Å². The third-order valence-electron chi connectivity index (χ3n) is 3.24. The first-order valence-corrected chi connectivity index (χ1v) is 6.44. The van der Waals surface area contributed by atoms with E-state index in [9.17, 15) is 0 Å². The highest BCUT2D eigenvalue weighted by Gasteiger charge is 2.19. The van der Waals surface area contributed by atoms with Crippen LogP contribution in [0.2, 0.25) is 0 Å². The number of anilines is 1. The van der Waals surface area contributed by atoms with Gasteiger partial charge in [-0.1, -0.05) is 0 Å². The first-order chi connectivity index (χ1) is 8.92. The van der Waals surface area contributed by atoms with Gasteiger partial charge in [-0.15, -0.1) is 0 Å². The molecule has 0 radical (unpaired) electrons. The minimum absolute atomic E-state index is 0.135. The SMILES string of the molecule is c1nc(OC2CCOC2)cc(N2CCNCC2)n1. The van der Waals surface area contributed by atoms with E-state index in [1.165, 1.54) is 0 Å². The molecule has 0 bridgehead atoms. The lowest BCUT2D eigenvalue weighted by Gasteiger charge is -2.28. The summed E-state index contributed by atoms with van der Waals surface area (Å²) in [5, 5.41) is 3.32. The van der Waals surface area contributed by atoms with Crippen molar-refractivity contribution in [2.45, 2.75) is 12.5 Å². The lowest BCUT2D eigenvalue weighted by molar-refractivity contribution is 0.138. The molecule has 0 aliphatic carbocycles. The van der Waals surface area contributed by atoms with Crippen LogP contribution in [0.1, 0.15) is 6.42 Å². The Morgan fingerprint density at radius 1 is 1.33 bits per heavy atom. The van der Waals surface area contributed by atoms with Crippen molar-refractivity contribution in [3.8, 4) is 5.88 Å². The zero-order chi connectivity index (χ0) is 12.2. The lowest BCUT2D eigenvalue weighted by atomic mass is 10.3. The molecule has 2 aliphatic rings. The number of ether oxygens (including phenoxy) is 2. The van der Waals surface area contributed by atoms with Gasteiger partial charge in [0.1, 0.15) is 18.2 Å². The van der Waals surface area contributed by atoms with Crippen molar-refractivity contribution in [2.24, 2.45) is 0 Å². The van der Waals surface area contributed by atoms with Crippen molar-refractivity contribution in [1.29, 1.82) is 0 Å². The van der Waals surface area contributed by atoms with Gasteiger partial charge in [-0.3, -0.25) is 0 Å². The molecule has 2 aliphatic heterocycles. The number of aromatic nitrogens is 2. The third kappa shape index (κ3) is 2.70. The first kappa shape index (κ1) is 11.7. The zero-order valence-electron chi connectivity index (χ0n) is 10.3. The van der Waals surface area contributed by atoms with Crippen LogP contribution in [0.3, 0.4) is 0 Å². The summed E-state index contributed by atoms with van der Waals surface area (Å²) in [6.45, 7) is 5.38. The molecule has 98 valence electrons. The van der Waals surface area contributed by atoms with Gasteiger partial charge in [0.2, 0.25) is 5.88 Å². The molecule has 6 heteroatoms. The monoisotopic (exact) mass is 250 g/mol. The van der Waals surface area contributed by atoms with Gasteiger partial charge < -0.3 is 19.7 Å². The maximum absolute atomic E-state index is 5.79. The second-order valence-corrected chi connectivity index (χ2v) is 4.55. The quantitative estimate of drug-likeness (QED) is 0.818. The van der Waals surface area contributed by atoms with Crippen LogP contribution in [0.5, 0.6) is 5.88 Å². The summed E-state index contributed by atoms with van der Waals surface area (Å²) in [6, 6.07) is 1.92. The summed E-state index contributed by atoms with van der Waals surface area (Å²) in [6.07, 6.45) is 2.64. The molecule has 0 aromatic carbocycles. The summed E-state index contributed by atoms with van der Waals surface area (Å²) < 4.78 is 11.1. The summed E-state index contributed by atoms with van der Waals surface area (Å²) >= 11 is 0. The molecular weight excluding hydrogens is 232 g/mol. The Labute approximate surface area is 106 Å². The van der Waals surface area contributed by atoms with E-state index >= 15 is 0 Å². The van der Waals surface area contributed by atoms with E-state index in [1.807, 2.05) is 6.07 Å². The average Bonchev–Trinajstić information content (AvgIpc) is 2.93. The molecule has 3 heterocycles. The molecule has 3 rings (SSSR count). The van der Waals surface area contributed by atoms with Crippen molar-refractivity contribution in [1.82, 2.24) is 15.3 Å². The fraction of sp³-hybridized carbons (Fsp3) is 0.667. The average molecular weight is 250 g/mol. The molecule has 1 aromatic heterocycles. The van der Waals surface area contributed by atoms with Crippen LogP contribution < -0.4 is 15.0 Å². The van der Waals surface area contributed by atoms with E-state index in [-0.39, 0.29) is 6.10 Å². The van der Waals surface area contributed by atoms with Crippen LogP contribution in [0, 0.1) is 0 Å². The first-order valence-electron chi connectivity index (χ1n) is 6.44. The summed E-state index contributed by atoms with van der Waals surface area (Å²) in [7, 11) is 0. The smallest absolute Gasteiger partial charge is 0.218 e. The molecule has 6 nitrogen and oxygen atoms in total. The van der Waals surface area contributed by atoms with Crippen LogP contribution in [-0.2, 0) is 4.74 Å². The highest BCUT2D eigenvalue weighted by atomic mass is 16.5. The van der Waals surface area contributed by atoms with Crippen LogP contribution in [0.4, 0.5) is 5.82 Å². The summed E-state index contributed by atoms with van der Waals surface area (Å²) in [5.74, 6) is 1.59. The summed E-state index contributed by atoms with van der Waals surface area (Å²) in [4.78, 5) is 10.7. The molecule has 1 aromatic rings. The number of nitrogens with zero attached hydrogens (tertiary/aromatic N) is 3. The van der Waals surface area contributed by atoms with Crippen molar-refractivity contribution < 1.29 is 9.47 Å². The van der Waals surface area contributed by atoms with Crippen molar-refractivity contribution in [2.75, 3.05) is 44.3 Å². The van der Waals surface area contributed by atoms with Crippen LogP contribution in [-0.4, -0.2) is 55.5 Å². The van der Waals surface area contributed by atoms with Gasteiger partial charge >= 0.3 is 0 Å². The van der Waals surface area contributed by atoms with Crippen LogP contribution in [0.15, 0.2) is 12.4 Å². The number of rotatable bonds is 3. The van der Waals surface area contributed by atoms with Crippen LogP contribution in [0.25, 0.3) is 0 Å². The Balaban J connectivity index is 1.67. The number of nitrogens with one attached hydrogen (secondary N) is 1. The molecule has 2 saturated heterocycles. The molecule has 1 unspecified atom stereocenters. The predicted molar refractivity (Wildman–Crippen MR) is 67.0 cm³/mol. The molecular formula is C12H18N4O2. The third-order valence-corrected chi connectivity index (χ3v) is 3.24. The highest BCUT2D eigenvalue weighted by molar-refractivity contribution is 5.41. The highest BCUT2D eigenvalue weighted by Crippen LogP contribution is 2.19. The topological polar surface area (TPSA) is 59.5 Å². The van der Waals surface area contributed by atoms with Gasteiger partial charge in [0.05, 0.1) is 13.2 Å². The molecule has 2 fully saturated rings. The van der Waals surface area contributed by atoms with Crippen molar-refractivity contribution >= 4 is 5.82 Å². The minimum Gasteiger partial charge on any atom is -0.472 e. The zero-order valence-corrected chi connectivity index (χ0v) is 10.3. The maximum atomic E-state index is 5.79. The van der Waals surface area contributed by atoms with Crippen molar-refractivity contribution in [3.63, 3.8) is 0 Å². The molecule has 0 amide bonds. The van der Waals surface area contributed by atoms with E-state index in [0.29, 0.717) is 12.5 Å². The number of piperazine rings is 1. The summed E-state index contributed by atoms with van der Waals surface area (Å²) in [5.41, 5.74) is 0. The van der Waals surface area contributed by atoms with E-state index in [0.717, 1.165) is 45.0 Å². The van der Waals surface area contributed by atoms with Gasteiger partial charge in [0, 0.05) is 38.7 Å². The van der Waals surface area contributed by atoms with Crippen LogP contribution >= 0.6 is 0 Å². The largest absolute Gasteiger partial charge is 0.472 e. The standard InChI is InChI=1S/C12H18N4O2/c1-6-17-8-10(1)18-12-7-11(14-9-15-12)16-4-2-13-3-5-16/h7,9-10,13H,1-6,8H2. The van der Waals surface area contributed by atoms with E-state index in [2.05, 4.69) is 20.2 Å². The Morgan fingerprint density at radius 2 is 2.22 bits per heavy atom. The molecule has 0 spiro atoms. The van der Waals surface area contributed by atoms with Gasteiger partial charge in [-0.25, -0.2) is 9.97 Å². The fourth-order valence-electron chi connectivity index (χ4n) is 2.24. The Bertz CT molecular complexity index is 389. The van der Waals surface area contributed by atoms with Crippen molar-refractivity contribution in [3.05, 3.63) is 12.4 Å². The van der Waals surface area contributed by atoms with Gasteiger partial charge in [0.25, 0.3) is 0 Å². The predicted octanol–water partition coefficient (Wildman–Crippen LogP) is 0.0539. The second-order valence-electron chi connectivity index (χ2n) is 4.55. The Kier molecular flexibility index (Phi) is 3.56. The van der Waals surface area contributed by atoms with E-state index in [1.54, 1.807) is 6.33 Å². The fourth-order valence-corrected chi connectivity index (χ4v) is 2.24. The molecule has 1 N–H and O–H groups in total. The molecule has 1 atom stereocenters. The second kappa shape index (κ2) is 5.49.